The zero-order valence-corrected chi connectivity index (χ0v) is 10.2. The third-order valence-electron chi connectivity index (χ3n) is 3.13. The fourth-order valence-corrected chi connectivity index (χ4v) is 2.05. The molecule has 7 nitrogen and oxygen atoms in total. The molecule has 0 saturated carbocycles. The van der Waals surface area contributed by atoms with Crippen molar-refractivity contribution in [3.05, 3.63) is 0 Å². The lowest BCUT2D eigenvalue weighted by molar-refractivity contribution is -0.140. The van der Waals surface area contributed by atoms with E-state index < -0.39 is 24.6 Å². The summed E-state index contributed by atoms with van der Waals surface area (Å²) in [5.41, 5.74) is 0. The first-order valence-electron chi connectivity index (χ1n) is 6.11. The highest BCUT2D eigenvalue weighted by molar-refractivity contribution is 5.82. The van der Waals surface area contributed by atoms with Gasteiger partial charge in [0.15, 0.2) is 6.04 Å². The maximum atomic E-state index is 11.9. The van der Waals surface area contributed by atoms with Crippen LogP contribution in [-0.2, 0) is 4.79 Å². The van der Waals surface area contributed by atoms with Crippen molar-refractivity contribution in [2.24, 2.45) is 0 Å². The molecule has 104 valence electrons. The molecule has 0 radical (unpaired) electrons. The highest BCUT2D eigenvalue weighted by Crippen LogP contribution is 2.16. The van der Waals surface area contributed by atoms with Crippen LogP contribution in [0, 0.1) is 0 Å². The largest absolute Gasteiger partial charge is 0.480 e. The van der Waals surface area contributed by atoms with Crippen LogP contribution in [0.25, 0.3) is 0 Å². The third-order valence-corrected chi connectivity index (χ3v) is 3.13. The zero-order chi connectivity index (χ0) is 13.5. The van der Waals surface area contributed by atoms with E-state index in [2.05, 4.69) is 5.32 Å². The zero-order valence-electron chi connectivity index (χ0n) is 10.2. The van der Waals surface area contributed by atoms with Gasteiger partial charge in [-0.2, -0.15) is 0 Å². The van der Waals surface area contributed by atoms with Crippen LogP contribution in [0.3, 0.4) is 0 Å². The standard InChI is InChI=1S/C11H20N2O5/c14-6-8-4-2-1-3-5-13(8)11(18)12-9(7-15)10(16)17/h8-9,14-15H,1-7H2,(H,12,18)(H,16,17)/t8?,9-/m1/s1. The summed E-state index contributed by atoms with van der Waals surface area (Å²) in [6.07, 6.45) is 3.47. The molecule has 1 rings (SSSR count). The summed E-state index contributed by atoms with van der Waals surface area (Å²) in [7, 11) is 0. The van der Waals surface area contributed by atoms with Gasteiger partial charge in [0.05, 0.1) is 19.3 Å². The van der Waals surface area contributed by atoms with Crippen LogP contribution in [0.5, 0.6) is 0 Å². The predicted octanol–water partition coefficient (Wildman–Crippen LogP) is -0.622. The van der Waals surface area contributed by atoms with E-state index >= 15 is 0 Å². The van der Waals surface area contributed by atoms with Gasteiger partial charge < -0.3 is 25.5 Å². The van der Waals surface area contributed by atoms with Gasteiger partial charge in [-0.15, -0.1) is 0 Å². The van der Waals surface area contributed by atoms with E-state index in [-0.39, 0.29) is 12.6 Å². The van der Waals surface area contributed by atoms with Crippen LogP contribution < -0.4 is 5.32 Å². The molecule has 1 unspecified atom stereocenters. The SMILES string of the molecule is O=C(O)[C@@H](CO)NC(=O)N1CCCCCC1CO. The topological polar surface area (TPSA) is 110 Å². The minimum Gasteiger partial charge on any atom is -0.480 e. The summed E-state index contributed by atoms with van der Waals surface area (Å²) in [5.74, 6) is -1.28. The maximum absolute atomic E-state index is 11.9. The van der Waals surface area contributed by atoms with Crippen LogP contribution in [0.1, 0.15) is 25.7 Å². The molecule has 7 heteroatoms. The summed E-state index contributed by atoms with van der Waals surface area (Å²) in [6.45, 7) is -0.294. The summed E-state index contributed by atoms with van der Waals surface area (Å²) in [5, 5.41) is 29.1. The first-order valence-corrected chi connectivity index (χ1v) is 6.11. The van der Waals surface area contributed by atoms with Gasteiger partial charge in [0.1, 0.15) is 0 Å². The van der Waals surface area contributed by atoms with Crippen LogP contribution in [0.15, 0.2) is 0 Å². The molecule has 0 aromatic rings. The molecule has 0 aromatic heterocycles. The number of aliphatic hydroxyl groups is 2. The summed E-state index contributed by atoms with van der Waals surface area (Å²) in [4.78, 5) is 24.1. The Balaban J connectivity index is 2.64. The molecule has 0 spiro atoms. The molecule has 2 atom stereocenters. The van der Waals surface area contributed by atoms with Crippen molar-refractivity contribution in [1.82, 2.24) is 10.2 Å². The van der Waals surface area contributed by atoms with E-state index in [4.69, 9.17) is 10.2 Å². The minimum absolute atomic E-state index is 0.135. The fraction of sp³-hybridized carbons (Fsp3) is 0.818. The van der Waals surface area contributed by atoms with Crippen LogP contribution in [0.4, 0.5) is 4.79 Å². The number of urea groups is 1. The lowest BCUT2D eigenvalue weighted by atomic mass is 10.1. The second-order valence-corrected chi connectivity index (χ2v) is 4.40. The Morgan fingerprint density at radius 2 is 2.00 bits per heavy atom. The van der Waals surface area contributed by atoms with Gasteiger partial charge >= 0.3 is 12.0 Å². The number of carbonyl (C=O) groups is 2. The molecule has 1 fully saturated rings. The van der Waals surface area contributed by atoms with Crippen LogP contribution >= 0.6 is 0 Å². The lowest BCUT2D eigenvalue weighted by Gasteiger charge is -2.29. The number of likely N-dealkylation sites (tertiary alicyclic amines) is 1. The van der Waals surface area contributed by atoms with E-state index in [9.17, 15) is 14.7 Å². The number of nitrogens with one attached hydrogen (secondary N) is 1. The van der Waals surface area contributed by atoms with Crippen molar-refractivity contribution >= 4 is 12.0 Å². The fourth-order valence-electron chi connectivity index (χ4n) is 2.05. The number of hydrogen-bond acceptors (Lipinski definition) is 4. The van der Waals surface area contributed by atoms with Crippen molar-refractivity contribution in [3.8, 4) is 0 Å². The van der Waals surface area contributed by atoms with E-state index in [1.54, 1.807) is 0 Å². The first-order chi connectivity index (χ1) is 8.60. The highest BCUT2D eigenvalue weighted by Gasteiger charge is 2.28. The van der Waals surface area contributed by atoms with Gasteiger partial charge in [0.25, 0.3) is 0 Å². The summed E-state index contributed by atoms with van der Waals surface area (Å²) >= 11 is 0. The number of aliphatic carboxylic acids is 1. The smallest absolute Gasteiger partial charge is 0.328 e. The molecule has 1 aliphatic rings. The number of rotatable bonds is 4. The highest BCUT2D eigenvalue weighted by atomic mass is 16.4. The number of carbonyl (C=O) groups excluding carboxylic acids is 1. The number of nitrogens with zero attached hydrogens (tertiary/aromatic N) is 1. The lowest BCUT2D eigenvalue weighted by Crippen LogP contribution is -2.53. The molecule has 2 amide bonds. The van der Waals surface area contributed by atoms with Crippen LogP contribution in [-0.4, -0.2) is 64.1 Å². The molecule has 0 aromatic carbocycles. The second-order valence-electron chi connectivity index (χ2n) is 4.40. The predicted molar refractivity (Wildman–Crippen MR) is 63.1 cm³/mol. The summed E-state index contributed by atoms with van der Waals surface area (Å²) in [6, 6.07) is -2.13. The molecule has 18 heavy (non-hydrogen) atoms. The van der Waals surface area contributed by atoms with Crippen molar-refractivity contribution < 1.29 is 24.9 Å². The Kier molecular flexibility index (Phi) is 5.87. The average molecular weight is 260 g/mol. The minimum atomic E-state index is -1.31. The second kappa shape index (κ2) is 7.17. The number of amides is 2. The quantitative estimate of drug-likeness (QED) is 0.538. The normalized spacial score (nSPS) is 22.1. The Bertz CT molecular complexity index is 297. The van der Waals surface area contributed by atoms with E-state index in [1.165, 1.54) is 4.90 Å². The van der Waals surface area contributed by atoms with Gasteiger partial charge in [-0.25, -0.2) is 9.59 Å². The van der Waals surface area contributed by atoms with E-state index in [0.717, 1.165) is 19.3 Å². The number of carboxylic acids is 1. The van der Waals surface area contributed by atoms with E-state index in [0.29, 0.717) is 13.0 Å². The van der Waals surface area contributed by atoms with Gasteiger partial charge in [0.2, 0.25) is 0 Å². The number of aliphatic hydroxyl groups excluding tert-OH is 2. The van der Waals surface area contributed by atoms with Crippen molar-refractivity contribution in [2.75, 3.05) is 19.8 Å². The molecule has 0 aliphatic carbocycles. The maximum Gasteiger partial charge on any atom is 0.328 e. The molecule has 4 N–H and O–H groups in total. The molecule has 0 bridgehead atoms. The van der Waals surface area contributed by atoms with Crippen molar-refractivity contribution in [3.63, 3.8) is 0 Å². The third kappa shape index (κ3) is 3.85. The molecule has 1 heterocycles. The van der Waals surface area contributed by atoms with Crippen molar-refractivity contribution in [2.45, 2.75) is 37.8 Å². The summed E-state index contributed by atoms with van der Waals surface area (Å²) < 4.78 is 0. The first kappa shape index (κ1) is 14.7. The monoisotopic (exact) mass is 260 g/mol. The molecule has 1 saturated heterocycles. The Hall–Kier alpha value is -1.34. The Labute approximate surface area is 105 Å². The van der Waals surface area contributed by atoms with E-state index in [1.807, 2.05) is 0 Å². The molecular formula is C11H20N2O5. The average Bonchev–Trinajstić information content (AvgIpc) is 2.60. The van der Waals surface area contributed by atoms with Gasteiger partial charge in [0, 0.05) is 6.54 Å². The Morgan fingerprint density at radius 3 is 2.56 bits per heavy atom. The van der Waals surface area contributed by atoms with Gasteiger partial charge in [-0.3, -0.25) is 0 Å². The Morgan fingerprint density at radius 1 is 1.28 bits per heavy atom. The van der Waals surface area contributed by atoms with Crippen molar-refractivity contribution in [1.29, 1.82) is 0 Å². The molecule has 1 aliphatic heterocycles. The number of hydrogen-bond donors (Lipinski definition) is 4. The van der Waals surface area contributed by atoms with Crippen LogP contribution in [0.2, 0.25) is 0 Å². The number of carboxylic acid groups (broad SMARTS) is 1. The molecular weight excluding hydrogens is 240 g/mol. The van der Waals surface area contributed by atoms with Gasteiger partial charge in [-0.05, 0) is 12.8 Å². The van der Waals surface area contributed by atoms with Gasteiger partial charge in [-0.1, -0.05) is 12.8 Å².